The molecule has 0 bridgehead atoms. The Labute approximate surface area is 118 Å². The van der Waals surface area contributed by atoms with Crippen molar-refractivity contribution in [1.29, 1.82) is 0 Å². The molecule has 7 heteroatoms. The van der Waals surface area contributed by atoms with E-state index >= 15 is 0 Å². The Morgan fingerprint density at radius 2 is 2.40 bits per heavy atom. The van der Waals surface area contributed by atoms with Gasteiger partial charge in [0.05, 0.1) is 6.61 Å². The third-order valence-electron chi connectivity index (χ3n) is 3.11. The molecule has 0 saturated carbocycles. The molecule has 2 rings (SSSR count). The zero-order chi connectivity index (χ0) is 14.4. The van der Waals surface area contributed by atoms with Gasteiger partial charge in [-0.1, -0.05) is 0 Å². The van der Waals surface area contributed by atoms with Gasteiger partial charge in [0.2, 0.25) is 11.8 Å². The fraction of sp³-hybridized carbons (Fsp3) is 0.615. The molecule has 0 radical (unpaired) electrons. The summed E-state index contributed by atoms with van der Waals surface area (Å²) in [6, 6.07) is 1.52. The Bertz CT molecular complexity index is 454. The summed E-state index contributed by atoms with van der Waals surface area (Å²) < 4.78 is 5.39. The first-order chi connectivity index (χ1) is 9.76. The van der Waals surface area contributed by atoms with E-state index in [1.165, 1.54) is 6.33 Å². The molecule has 0 aromatic carbocycles. The van der Waals surface area contributed by atoms with Gasteiger partial charge in [0, 0.05) is 32.2 Å². The summed E-state index contributed by atoms with van der Waals surface area (Å²) in [5, 5.41) is 6.10. The summed E-state index contributed by atoms with van der Waals surface area (Å²) in [4.78, 5) is 22.4. The Kier molecular flexibility index (Phi) is 5.11. The van der Waals surface area contributed by atoms with Gasteiger partial charge >= 0.3 is 0 Å². The van der Waals surface area contributed by atoms with Gasteiger partial charge in [-0.15, -0.1) is 0 Å². The number of likely N-dealkylation sites (N-methyl/N-ethyl adjacent to an activating group) is 1. The number of aromatic nitrogens is 2. The van der Waals surface area contributed by atoms with Crippen LogP contribution in [-0.4, -0.2) is 54.7 Å². The molecule has 1 aliphatic rings. The second-order valence-corrected chi connectivity index (χ2v) is 4.46. The molecule has 1 atom stereocenters. The Balaban J connectivity index is 2.18. The van der Waals surface area contributed by atoms with Crippen molar-refractivity contribution in [3.05, 3.63) is 12.4 Å². The molecular formula is C13H21N5O2. The highest BCUT2D eigenvalue weighted by atomic mass is 16.5. The molecule has 7 nitrogen and oxygen atoms in total. The van der Waals surface area contributed by atoms with Crippen molar-refractivity contribution < 1.29 is 9.53 Å². The molecule has 2 heterocycles. The number of carbonyl (C=O) groups excluding carboxylic acids is 1. The summed E-state index contributed by atoms with van der Waals surface area (Å²) in [6.07, 6.45) is 1.47. The first-order valence-corrected chi connectivity index (χ1v) is 6.96. The lowest BCUT2D eigenvalue weighted by Crippen LogP contribution is -2.58. The van der Waals surface area contributed by atoms with Gasteiger partial charge in [-0.05, 0) is 13.8 Å². The zero-order valence-electron chi connectivity index (χ0n) is 11.9. The maximum atomic E-state index is 12.1. The van der Waals surface area contributed by atoms with Crippen LogP contribution in [0.1, 0.15) is 13.8 Å². The zero-order valence-corrected chi connectivity index (χ0v) is 11.9. The van der Waals surface area contributed by atoms with E-state index in [-0.39, 0.29) is 11.9 Å². The monoisotopic (exact) mass is 279 g/mol. The standard InChI is InChI=1S/C13H21N5O2/c1-3-15-13(19)10-8-14-5-6-18(10)11-7-12(20-4-2)17-9-16-11/h7,9-10,14H,3-6,8H2,1-2H3,(H,15,19). The van der Waals surface area contributed by atoms with Crippen molar-refractivity contribution in [3.8, 4) is 5.88 Å². The molecule has 1 aromatic heterocycles. The summed E-state index contributed by atoms with van der Waals surface area (Å²) >= 11 is 0. The van der Waals surface area contributed by atoms with Crippen LogP contribution >= 0.6 is 0 Å². The van der Waals surface area contributed by atoms with Crippen LogP contribution in [-0.2, 0) is 4.79 Å². The van der Waals surface area contributed by atoms with Crippen LogP contribution < -0.4 is 20.3 Å². The van der Waals surface area contributed by atoms with E-state index in [9.17, 15) is 4.79 Å². The maximum Gasteiger partial charge on any atom is 0.244 e. The number of nitrogens with one attached hydrogen (secondary N) is 2. The molecule has 2 N–H and O–H groups in total. The van der Waals surface area contributed by atoms with Crippen LogP contribution in [0.4, 0.5) is 5.82 Å². The molecule has 1 saturated heterocycles. The van der Waals surface area contributed by atoms with Gasteiger partial charge in [-0.3, -0.25) is 4.79 Å². The average Bonchev–Trinajstić information content (AvgIpc) is 2.48. The van der Waals surface area contributed by atoms with Crippen molar-refractivity contribution in [2.75, 3.05) is 37.7 Å². The molecule has 20 heavy (non-hydrogen) atoms. The van der Waals surface area contributed by atoms with E-state index in [1.54, 1.807) is 6.07 Å². The molecule has 0 spiro atoms. The molecule has 1 unspecified atom stereocenters. The summed E-state index contributed by atoms with van der Waals surface area (Å²) in [5.41, 5.74) is 0. The van der Waals surface area contributed by atoms with Gasteiger partial charge in [0.15, 0.2) is 0 Å². The first kappa shape index (κ1) is 14.5. The fourth-order valence-electron chi connectivity index (χ4n) is 2.22. The van der Waals surface area contributed by atoms with Crippen LogP contribution in [0.15, 0.2) is 12.4 Å². The summed E-state index contributed by atoms with van der Waals surface area (Å²) in [7, 11) is 0. The van der Waals surface area contributed by atoms with Crippen molar-refractivity contribution in [3.63, 3.8) is 0 Å². The Morgan fingerprint density at radius 3 is 3.15 bits per heavy atom. The Morgan fingerprint density at radius 1 is 1.55 bits per heavy atom. The average molecular weight is 279 g/mol. The number of hydrogen-bond acceptors (Lipinski definition) is 6. The lowest BCUT2D eigenvalue weighted by atomic mass is 10.1. The van der Waals surface area contributed by atoms with Gasteiger partial charge < -0.3 is 20.3 Å². The summed E-state index contributed by atoms with van der Waals surface area (Å²) in [6.45, 7) is 7.16. The molecule has 1 fully saturated rings. The highest BCUT2D eigenvalue weighted by molar-refractivity contribution is 5.85. The number of ether oxygens (including phenoxy) is 1. The third-order valence-corrected chi connectivity index (χ3v) is 3.11. The van der Waals surface area contributed by atoms with Crippen molar-refractivity contribution in [1.82, 2.24) is 20.6 Å². The molecule has 1 aromatic rings. The second kappa shape index (κ2) is 7.04. The van der Waals surface area contributed by atoms with Gasteiger partial charge in [0.1, 0.15) is 18.2 Å². The molecule has 0 aliphatic carbocycles. The molecule has 110 valence electrons. The number of anilines is 1. The summed E-state index contributed by atoms with van der Waals surface area (Å²) in [5.74, 6) is 1.27. The van der Waals surface area contributed by atoms with Gasteiger partial charge in [-0.25, -0.2) is 9.97 Å². The predicted octanol–water partition coefficient (Wildman–Crippen LogP) is -0.210. The normalized spacial score (nSPS) is 18.7. The number of amides is 1. The van der Waals surface area contributed by atoms with E-state index in [1.807, 2.05) is 18.7 Å². The molecule has 1 amide bonds. The topological polar surface area (TPSA) is 79.4 Å². The predicted molar refractivity (Wildman–Crippen MR) is 75.9 cm³/mol. The van der Waals surface area contributed by atoms with Crippen molar-refractivity contribution in [2.45, 2.75) is 19.9 Å². The smallest absolute Gasteiger partial charge is 0.244 e. The lowest BCUT2D eigenvalue weighted by Gasteiger charge is -2.35. The molecule has 1 aliphatic heterocycles. The highest BCUT2D eigenvalue weighted by Crippen LogP contribution is 2.19. The number of piperazine rings is 1. The number of carbonyl (C=O) groups is 1. The minimum atomic E-state index is -0.256. The number of rotatable bonds is 5. The first-order valence-electron chi connectivity index (χ1n) is 6.96. The van der Waals surface area contributed by atoms with Crippen molar-refractivity contribution in [2.24, 2.45) is 0 Å². The van der Waals surface area contributed by atoms with E-state index < -0.39 is 0 Å². The van der Waals surface area contributed by atoms with Crippen LogP contribution in [0.3, 0.4) is 0 Å². The van der Waals surface area contributed by atoms with Crippen molar-refractivity contribution >= 4 is 11.7 Å². The van der Waals surface area contributed by atoms with Crippen LogP contribution in [0.5, 0.6) is 5.88 Å². The van der Waals surface area contributed by atoms with E-state index in [2.05, 4.69) is 20.6 Å². The Hall–Kier alpha value is -1.89. The SMILES string of the molecule is CCNC(=O)C1CNCCN1c1cc(OCC)ncn1. The second-order valence-electron chi connectivity index (χ2n) is 4.46. The quantitative estimate of drug-likeness (QED) is 0.776. The number of hydrogen-bond donors (Lipinski definition) is 2. The van der Waals surface area contributed by atoms with E-state index in [0.717, 1.165) is 18.9 Å². The number of nitrogens with zero attached hydrogens (tertiary/aromatic N) is 3. The van der Waals surface area contributed by atoms with Gasteiger partial charge in [0.25, 0.3) is 0 Å². The molecular weight excluding hydrogens is 258 g/mol. The largest absolute Gasteiger partial charge is 0.478 e. The van der Waals surface area contributed by atoms with E-state index in [0.29, 0.717) is 25.6 Å². The lowest BCUT2D eigenvalue weighted by molar-refractivity contribution is -0.122. The van der Waals surface area contributed by atoms with Crippen LogP contribution in [0, 0.1) is 0 Å². The van der Waals surface area contributed by atoms with Crippen LogP contribution in [0.25, 0.3) is 0 Å². The van der Waals surface area contributed by atoms with Gasteiger partial charge in [-0.2, -0.15) is 0 Å². The van der Waals surface area contributed by atoms with E-state index in [4.69, 9.17) is 4.74 Å². The minimum absolute atomic E-state index is 0.0104. The fourth-order valence-corrected chi connectivity index (χ4v) is 2.22. The third kappa shape index (κ3) is 3.36. The van der Waals surface area contributed by atoms with Crippen LogP contribution in [0.2, 0.25) is 0 Å². The highest BCUT2D eigenvalue weighted by Gasteiger charge is 2.29. The maximum absolute atomic E-state index is 12.1. The minimum Gasteiger partial charge on any atom is -0.478 e.